The Morgan fingerprint density at radius 3 is 2.27 bits per heavy atom. The molecule has 3 rings (SSSR count). The first-order chi connectivity index (χ1) is 14.2. The van der Waals surface area contributed by atoms with E-state index in [1.165, 1.54) is 12.1 Å². The van der Waals surface area contributed by atoms with Gasteiger partial charge >= 0.3 is 6.18 Å². The second kappa shape index (κ2) is 8.90. The number of hydrogen-bond donors (Lipinski definition) is 1. The third-order valence-electron chi connectivity index (χ3n) is 5.60. The zero-order valence-electron chi connectivity index (χ0n) is 17.1. The molecule has 1 aliphatic rings. The van der Waals surface area contributed by atoms with Crippen LogP contribution in [-0.4, -0.2) is 29.8 Å². The van der Waals surface area contributed by atoms with Crippen LogP contribution in [-0.2, 0) is 17.4 Å². The number of para-hydroxylation sites is 1. The molecule has 2 aromatic carbocycles. The average molecular weight is 418 g/mol. The lowest BCUT2D eigenvalue weighted by Crippen LogP contribution is -2.41. The molecular formula is C23H25F3N2O2. The second-order valence-corrected chi connectivity index (χ2v) is 7.59. The number of piperidine rings is 1. The van der Waals surface area contributed by atoms with Crippen molar-refractivity contribution in [1.82, 2.24) is 4.90 Å². The van der Waals surface area contributed by atoms with Crippen molar-refractivity contribution in [3.63, 3.8) is 0 Å². The topological polar surface area (TPSA) is 49.4 Å². The summed E-state index contributed by atoms with van der Waals surface area (Å²) in [5.41, 5.74) is 2.39. The van der Waals surface area contributed by atoms with Crippen LogP contribution in [0.1, 0.15) is 46.8 Å². The molecule has 1 heterocycles. The first kappa shape index (κ1) is 21.9. The molecule has 160 valence electrons. The Morgan fingerprint density at radius 1 is 1.07 bits per heavy atom. The average Bonchev–Trinajstić information content (AvgIpc) is 2.74. The zero-order valence-corrected chi connectivity index (χ0v) is 17.1. The van der Waals surface area contributed by atoms with Gasteiger partial charge in [-0.3, -0.25) is 9.59 Å². The molecule has 30 heavy (non-hydrogen) atoms. The van der Waals surface area contributed by atoms with Crippen LogP contribution < -0.4 is 5.32 Å². The normalized spacial score (nSPS) is 15.2. The number of likely N-dealkylation sites (tertiary alicyclic amines) is 1. The Hall–Kier alpha value is -2.83. The summed E-state index contributed by atoms with van der Waals surface area (Å²) in [7, 11) is 0. The van der Waals surface area contributed by atoms with Crippen LogP contribution >= 0.6 is 0 Å². The number of benzene rings is 2. The fraction of sp³-hybridized carbons (Fsp3) is 0.391. The minimum Gasteiger partial charge on any atom is -0.339 e. The summed E-state index contributed by atoms with van der Waals surface area (Å²) in [6.45, 7) is 4.79. The minimum absolute atomic E-state index is 0.0550. The Kier molecular flexibility index (Phi) is 6.48. The number of amides is 2. The quantitative estimate of drug-likeness (QED) is 0.754. The van der Waals surface area contributed by atoms with Crippen LogP contribution in [0.4, 0.5) is 18.9 Å². The highest BCUT2D eigenvalue weighted by Gasteiger charge is 2.31. The van der Waals surface area contributed by atoms with E-state index in [9.17, 15) is 22.8 Å². The largest absolute Gasteiger partial charge is 0.416 e. The Morgan fingerprint density at radius 2 is 1.70 bits per heavy atom. The van der Waals surface area contributed by atoms with E-state index in [2.05, 4.69) is 5.32 Å². The van der Waals surface area contributed by atoms with Crippen LogP contribution in [0.2, 0.25) is 0 Å². The van der Waals surface area contributed by atoms with Crippen LogP contribution in [0.5, 0.6) is 0 Å². The summed E-state index contributed by atoms with van der Waals surface area (Å²) in [6.07, 6.45) is -2.57. The Bertz CT molecular complexity index is 915. The van der Waals surface area contributed by atoms with Crippen molar-refractivity contribution >= 4 is 17.5 Å². The van der Waals surface area contributed by atoms with Gasteiger partial charge in [-0.1, -0.05) is 25.1 Å². The molecule has 2 amide bonds. The summed E-state index contributed by atoms with van der Waals surface area (Å²) in [4.78, 5) is 26.9. The molecule has 0 aliphatic carbocycles. The van der Waals surface area contributed by atoms with Crippen LogP contribution in [0.3, 0.4) is 0 Å². The minimum atomic E-state index is -4.43. The van der Waals surface area contributed by atoms with Gasteiger partial charge in [-0.2, -0.15) is 13.2 Å². The van der Waals surface area contributed by atoms with Gasteiger partial charge in [0.25, 0.3) is 5.91 Å². The molecule has 0 radical (unpaired) electrons. The molecule has 0 saturated carbocycles. The first-order valence-corrected chi connectivity index (χ1v) is 10.1. The fourth-order valence-corrected chi connectivity index (χ4v) is 3.76. The van der Waals surface area contributed by atoms with Gasteiger partial charge < -0.3 is 10.2 Å². The first-order valence-electron chi connectivity index (χ1n) is 10.1. The van der Waals surface area contributed by atoms with Crippen molar-refractivity contribution in [3.8, 4) is 0 Å². The molecule has 0 atom stereocenters. The molecule has 0 unspecified atom stereocenters. The number of anilines is 1. The molecule has 1 N–H and O–H groups in total. The van der Waals surface area contributed by atoms with E-state index in [-0.39, 0.29) is 23.3 Å². The van der Waals surface area contributed by atoms with Crippen LogP contribution in [0.15, 0.2) is 42.5 Å². The summed E-state index contributed by atoms with van der Waals surface area (Å²) < 4.78 is 38.1. The van der Waals surface area contributed by atoms with Gasteiger partial charge in [0, 0.05) is 30.3 Å². The van der Waals surface area contributed by atoms with Crippen molar-refractivity contribution in [2.75, 3.05) is 18.4 Å². The van der Waals surface area contributed by atoms with Crippen LogP contribution in [0.25, 0.3) is 0 Å². The van der Waals surface area contributed by atoms with E-state index in [0.717, 1.165) is 35.4 Å². The zero-order chi connectivity index (χ0) is 21.9. The summed E-state index contributed by atoms with van der Waals surface area (Å²) in [5.74, 6) is -0.568. The molecule has 1 fully saturated rings. The number of halogens is 3. The Balaban J connectivity index is 1.59. The van der Waals surface area contributed by atoms with E-state index in [0.29, 0.717) is 25.9 Å². The van der Waals surface area contributed by atoms with Crippen molar-refractivity contribution in [2.45, 2.75) is 39.3 Å². The second-order valence-electron chi connectivity index (χ2n) is 7.59. The van der Waals surface area contributed by atoms with E-state index in [4.69, 9.17) is 0 Å². The maximum Gasteiger partial charge on any atom is 0.416 e. The lowest BCUT2D eigenvalue weighted by molar-refractivity contribution is -0.137. The maximum atomic E-state index is 12.7. The molecule has 2 aromatic rings. The maximum absolute atomic E-state index is 12.7. The van der Waals surface area contributed by atoms with Gasteiger partial charge in [-0.25, -0.2) is 0 Å². The van der Waals surface area contributed by atoms with E-state index in [1.807, 2.05) is 32.0 Å². The van der Waals surface area contributed by atoms with Crippen molar-refractivity contribution in [3.05, 3.63) is 64.7 Å². The van der Waals surface area contributed by atoms with Gasteiger partial charge in [-0.05, 0) is 61.6 Å². The van der Waals surface area contributed by atoms with E-state index in [1.54, 1.807) is 4.90 Å². The lowest BCUT2D eigenvalue weighted by atomic mass is 9.94. The molecule has 0 spiro atoms. The van der Waals surface area contributed by atoms with Gasteiger partial charge in [-0.15, -0.1) is 0 Å². The molecule has 4 nitrogen and oxygen atoms in total. The summed E-state index contributed by atoms with van der Waals surface area (Å²) in [6, 6.07) is 10.2. The molecule has 0 aromatic heterocycles. The molecule has 1 saturated heterocycles. The van der Waals surface area contributed by atoms with Gasteiger partial charge in [0.1, 0.15) is 0 Å². The van der Waals surface area contributed by atoms with E-state index < -0.39 is 11.7 Å². The summed E-state index contributed by atoms with van der Waals surface area (Å²) >= 11 is 0. The predicted octanol–water partition coefficient (Wildman–Crippen LogP) is 5.07. The smallest absolute Gasteiger partial charge is 0.339 e. The summed E-state index contributed by atoms with van der Waals surface area (Å²) in [5, 5.41) is 3.05. The number of carbonyl (C=O) groups is 2. The molecular weight excluding hydrogens is 393 g/mol. The molecule has 7 heteroatoms. The fourth-order valence-electron chi connectivity index (χ4n) is 3.76. The molecule has 0 bridgehead atoms. The highest BCUT2D eigenvalue weighted by atomic mass is 19.4. The third kappa shape index (κ3) is 4.83. The number of aryl methyl sites for hydroxylation is 2. The predicted molar refractivity (Wildman–Crippen MR) is 109 cm³/mol. The number of hydrogen-bond acceptors (Lipinski definition) is 2. The lowest BCUT2D eigenvalue weighted by Gasteiger charge is -2.31. The van der Waals surface area contributed by atoms with Crippen molar-refractivity contribution in [1.29, 1.82) is 0 Å². The molecule has 1 aliphatic heterocycles. The Labute approximate surface area is 174 Å². The van der Waals surface area contributed by atoms with Gasteiger partial charge in [0.2, 0.25) is 5.91 Å². The number of carbonyl (C=O) groups excluding carboxylic acids is 2. The van der Waals surface area contributed by atoms with Gasteiger partial charge in [0.15, 0.2) is 0 Å². The number of nitrogens with zero attached hydrogens (tertiary/aromatic N) is 1. The highest BCUT2D eigenvalue weighted by Crippen LogP contribution is 2.30. The van der Waals surface area contributed by atoms with Crippen molar-refractivity contribution < 1.29 is 22.8 Å². The number of rotatable bonds is 4. The van der Waals surface area contributed by atoms with E-state index >= 15 is 0 Å². The SMILES string of the molecule is CCc1cccc(C)c1NC(=O)C1CCN(C(=O)c2ccc(C(F)(F)F)cc2)CC1. The van der Waals surface area contributed by atoms with Crippen LogP contribution in [0, 0.1) is 12.8 Å². The standard InChI is InChI=1S/C23H25F3N2O2/c1-3-16-6-4-5-15(2)20(16)27-21(29)17-11-13-28(14-12-17)22(30)18-7-9-19(10-8-18)23(24,25)26/h4-10,17H,3,11-14H2,1-2H3,(H,27,29). The number of nitrogens with one attached hydrogen (secondary N) is 1. The monoisotopic (exact) mass is 418 g/mol. The highest BCUT2D eigenvalue weighted by molar-refractivity contribution is 5.96. The number of alkyl halides is 3. The van der Waals surface area contributed by atoms with Crippen molar-refractivity contribution in [2.24, 2.45) is 5.92 Å². The third-order valence-corrected chi connectivity index (χ3v) is 5.60. The van der Waals surface area contributed by atoms with Gasteiger partial charge in [0.05, 0.1) is 5.56 Å².